The number of ether oxygens (including phenoxy) is 1. The Bertz CT molecular complexity index is 933. The van der Waals surface area contributed by atoms with Crippen LogP contribution in [0.1, 0.15) is 42.4 Å². The molecule has 0 aliphatic rings. The van der Waals surface area contributed by atoms with Crippen LogP contribution in [-0.2, 0) is 16.1 Å². The van der Waals surface area contributed by atoms with Crippen molar-refractivity contribution in [1.29, 1.82) is 0 Å². The van der Waals surface area contributed by atoms with Crippen molar-refractivity contribution in [3.8, 4) is 0 Å². The first-order valence-corrected chi connectivity index (χ1v) is 9.36. The molecule has 0 unspecified atom stereocenters. The van der Waals surface area contributed by atoms with Gasteiger partial charge in [0.2, 0.25) is 5.91 Å². The third-order valence-electron chi connectivity index (χ3n) is 3.93. The number of carbonyl (C=O) groups excluding carboxylic acids is 3. The minimum absolute atomic E-state index is 0.0757. The third kappa shape index (κ3) is 4.70. The summed E-state index contributed by atoms with van der Waals surface area (Å²) in [5.41, 5.74) is 0.0111. The van der Waals surface area contributed by atoms with Crippen molar-refractivity contribution in [2.24, 2.45) is 0 Å². The Kier molecular flexibility index (Phi) is 6.67. The van der Waals surface area contributed by atoms with Crippen molar-refractivity contribution < 1.29 is 19.1 Å². The van der Waals surface area contributed by atoms with Crippen molar-refractivity contribution in [2.45, 2.75) is 46.7 Å². The second kappa shape index (κ2) is 8.76. The highest BCUT2D eigenvalue weighted by atomic mass is 32.1. The molecule has 0 saturated heterocycles. The second-order valence-corrected chi connectivity index (χ2v) is 6.96. The van der Waals surface area contributed by atoms with Crippen molar-refractivity contribution in [3.63, 3.8) is 0 Å². The Morgan fingerprint density at radius 1 is 1.33 bits per heavy atom. The molecule has 0 aromatic carbocycles. The van der Waals surface area contributed by atoms with Crippen LogP contribution in [-0.4, -0.2) is 40.1 Å². The van der Waals surface area contributed by atoms with Crippen LogP contribution in [0.4, 0.5) is 4.79 Å². The molecule has 0 fully saturated rings. The van der Waals surface area contributed by atoms with Gasteiger partial charge in [-0.3, -0.25) is 19.5 Å². The SMILES string of the molecule is CCOC(=O)c1sc2ncn(CC(=O)NC(=O)N[C@@H](C)CC)c(=O)c2c1C. The number of esters is 1. The summed E-state index contributed by atoms with van der Waals surface area (Å²) in [6.45, 7) is 6.91. The lowest BCUT2D eigenvalue weighted by molar-refractivity contribution is -0.120. The molecule has 0 radical (unpaired) electrons. The number of amides is 3. The van der Waals surface area contributed by atoms with Gasteiger partial charge in [0.25, 0.3) is 5.56 Å². The fourth-order valence-electron chi connectivity index (χ4n) is 2.35. The number of fused-ring (bicyclic) bond motifs is 1. The molecule has 0 aliphatic carbocycles. The number of aromatic nitrogens is 2. The number of rotatable bonds is 6. The van der Waals surface area contributed by atoms with Gasteiger partial charge in [0.05, 0.1) is 18.3 Å². The molecule has 0 saturated carbocycles. The van der Waals surface area contributed by atoms with Gasteiger partial charge in [-0.25, -0.2) is 14.6 Å². The number of hydrogen-bond acceptors (Lipinski definition) is 7. The molecular weight excluding hydrogens is 372 g/mol. The number of aryl methyl sites for hydroxylation is 1. The Morgan fingerprint density at radius 2 is 2.04 bits per heavy atom. The van der Waals surface area contributed by atoms with Gasteiger partial charge in [-0.15, -0.1) is 11.3 Å². The number of urea groups is 1. The van der Waals surface area contributed by atoms with Crippen molar-refractivity contribution >= 4 is 39.5 Å². The van der Waals surface area contributed by atoms with E-state index >= 15 is 0 Å². The number of nitrogens with zero attached hydrogens (tertiary/aromatic N) is 2. The summed E-state index contributed by atoms with van der Waals surface area (Å²) in [6.07, 6.45) is 1.95. The van der Waals surface area contributed by atoms with E-state index in [1.54, 1.807) is 13.8 Å². The molecule has 2 aromatic heterocycles. The van der Waals surface area contributed by atoms with Gasteiger partial charge in [-0.05, 0) is 32.8 Å². The smallest absolute Gasteiger partial charge is 0.348 e. The van der Waals surface area contributed by atoms with E-state index in [9.17, 15) is 19.2 Å². The maximum absolute atomic E-state index is 12.7. The van der Waals surface area contributed by atoms with Crippen LogP contribution in [0.5, 0.6) is 0 Å². The summed E-state index contributed by atoms with van der Waals surface area (Å²) < 4.78 is 6.08. The van der Waals surface area contributed by atoms with E-state index in [1.807, 2.05) is 13.8 Å². The van der Waals surface area contributed by atoms with E-state index < -0.39 is 23.5 Å². The Labute approximate surface area is 159 Å². The lowest BCUT2D eigenvalue weighted by Gasteiger charge is -2.12. The molecule has 3 amide bonds. The zero-order chi connectivity index (χ0) is 20.1. The van der Waals surface area contributed by atoms with Crippen LogP contribution >= 0.6 is 11.3 Å². The maximum atomic E-state index is 12.7. The summed E-state index contributed by atoms with van der Waals surface area (Å²) in [6, 6.07) is -0.693. The summed E-state index contributed by atoms with van der Waals surface area (Å²) >= 11 is 1.07. The summed E-state index contributed by atoms with van der Waals surface area (Å²) in [5.74, 6) is -1.15. The molecule has 10 heteroatoms. The highest BCUT2D eigenvalue weighted by Gasteiger charge is 2.21. The van der Waals surface area contributed by atoms with Gasteiger partial charge in [0.1, 0.15) is 16.3 Å². The van der Waals surface area contributed by atoms with E-state index in [2.05, 4.69) is 15.6 Å². The average Bonchev–Trinajstić information content (AvgIpc) is 2.94. The van der Waals surface area contributed by atoms with E-state index in [1.165, 1.54) is 6.33 Å². The minimum Gasteiger partial charge on any atom is -0.462 e. The van der Waals surface area contributed by atoms with Crippen LogP contribution < -0.4 is 16.2 Å². The van der Waals surface area contributed by atoms with Gasteiger partial charge in [-0.1, -0.05) is 6.92 Å². The van der Waals surface area contributed by atoms with E-state index in [-0.39, 0.29) is 24.6 Å². The van der Waals surface area contributed by atoms with Crippen LogP contribution in [0, 0.1) is 6.92 Å². The monoisotopic (exact) mass is 394 g/mol. The molecule has 9 nitrogen and oxygen atoms in total. The highest BCUT2D eigenvalue weighted by Crippen LogP contribution is 2.27. The first kappa shape index (κ1) is 20.6. The van der Waals surface area contributed by atoms with E-state index in [4.69, 9.17) is 4.74 Å². The number of hydrogen-bond donors (Lipinski definition) is 2. The maximum Gasteiger partial charge on any atom is 0.348 e. The summed E-state index contributed by atoms with van der Waals surface area (Å²) in [5, 5.41) is 5.05. The molecule has 1 atom stereocenters. The standard InChI is InChI=1S/C17H22N4O5S/c1-5-9(3)19-17(25)20-11(22)7-21-8-18-14-12(15(21)23)10(4)13(27-14)16(24)26-6-2/h8-9H,5-7H2,1-4H3,(H2,19,20,22,25)/t9-/m0/s1. The Morgan fingerprint density at radius 3 is 2.67 bits per heavy atom. The second-order valence-electron chi connectivity index (χ2n) is 5.97. The molecule has 2 heterocycles. The van der Waals surface area contributed by atoms with E-state index in [0.29, 0.717) is 15.3 Å². The normalized spacial score (nSPS) is 11.9. The quantitative estimate of drug-likeness (QED) is 0.718. The first-order chi connectivity index (χ1) is 12.8. The van der Waals surface area contributed by atoms with Crippen LogP contribution in [0.25, 0.3) is 10.2 Å². The summed E-state index contributed by atoms with van der Waals surface area (Å²) in [4.78, 5) is 53.3. The molecule has 146 valence electrons. The molecule has 0 aliphatic heterocycles. The molecule has 2 N–H and O–H groups in total. The lowest BCUT2D eigenvalue weighted by Crippen LogP contribution is -2.45. The number of thiophene rings is 1. The molecule has 2 rings (SSSR count). The predicted molar refractivity (Wildman–Crippen MR) is 101 cm³/mol. The first-order valence-electron chi connectivity index (χ1n) is 8.54. The third-order valence-corrected chi connectivity index (χ3v) is 5.11. The number of imide groups is 1. The van der Waals surface area contributed by atoms with Crippen molar-refractivity contribution in [1.82, 2.24) is 20.2 Å². The van der Waals surface area contributed by atoms with Gasteiger partial charge in [0, 0.05) is 6.04 Å². The van der Waals surface area contributed by atoms with Gasteiger partial charge in [-0.2, -0.15) is 0 Å². The van der Waals surface area contributed by atoms with Gasteiger partial charge < -0.3 is 10.1 Å². The molecule has 0 bridgehead atoms. The zero-order valence-electron chi connectivity index (χ0n) is 15.6. The largest absolute Gasteiger partial charge is 0.462 e. The average molecular weight is 394 g/mol. The van der Waals surface area contributed by atoms with Gasteiger partial charge >= 0.3 is 12.0 Å². The summed E-state index contributed by atoms with van der Waals surface area (Å²) in [7, 11) is 0. The van der Waals surface area contributed by atoms with Crippen LogP contribution in [0.2, 0.25) is 0 Å². The predicted octanol–water partition coefficient (Wildman–Crippen LogP) is 1.57. The zero-order valence-corrected chi connectivity index (χ0v) is 16.4. The Balaban J connectivity index is 2.22. The van der Waals surface area contributed by atoms with Crippen LogP contribution in [0.15, 0.2) is 11.1 Å². The van der Waals surface area contributed by atoms with E-state index in [0.717, 1.165) is 22.3 Å². The minimum atomic E-state index is -0.641. The molecule has 2 aromatic rings. The molecule has 27 heavy (non-hydrogen) atoms. The Hall–Kier alpha value is -2.75. The molecule has 0 spiro atoms. The molecular formula is C17H22N4O5S. The number of carbonyl (C=O) groups is 3. The lowest BCUT2D eigenvalue weighted by atomic mass is 10.2. The highest BCUT2D eigenvalue weighted by molar-refractivity contribution is 7.20. The van der Waals surface area contributed by atoms with Crippen molar-refractivity contribution in [2.75, 3.05) is 6.61 Å². The van der Waals surface area contributed by atoms with Gasteiger partial charge in [0.15, 0.2) is 0 Å². The fraction of sp³-hybridized carbons (Fsp3) is 0.471. The van der Waals surface area contributed by atoms with Crippen molar-refractivity contribution in [3.05, 3.63) is 27.1 Å². The van der Waals surface area contributed by atoms with Crippen LogP contribution in [0.3, 0.4) is 0 Å². The number of nitrogens with one attached hydrogen (secondary N) is 2. The fourth-order valence-corrected chi connectivity index (χ4v) is 3.38. The topological polar surface area (TPSA) is 119 Å².